The highest BCUT2D eigenvalue weighted by molar-refractivity contribution is 6.46. The van der Waals surface area contributed by atoms with Crippen LogP contribution < -0.4 is 18.9 Å². The Morgan fingerprint density at radius 2 is 1.82 bits per heavy atom. The van der Waals surface area contributed by atoms with Gasteiger partial charge >= 0.3 is 0 Å². The number of amides is 1. The third-order valence-corrected chi connectivity index (χ3v) is 6.80. The van der Waals surface area contributed by atoms with Crippen LogP contribution in [0.4, 0.5) is 0 Å². The predicted octanol–water partition coefficient (Wildman–Crippen LogP) is 5.50. The second-order valence-electron chi connectivity index (χ2n) is 10.0. The van der Waals surface area contributed by atoms with Crippen molar-refractivity contribution in [2.24, 2.45) is 5.92 Å². The first-order chi connectivity index (χ1) is 19.4. The molecule has 1 fully saturated rings. The van der Waals surface area contributed by atoms with E-state index in [9.17, 15) is 14.7 Å². The number of benzene rings is 2. The minimum atomic E-state index is -0.901. The number of aliphatic hydroxyl groups excluding tert-OH is 1. The van der Waals surface area contributed by atoms with E-state index in [0.29, 0.717) is 72.2 Å². The van der Waals surface area contributed by atoms with Crippen LogP contribution in [0.3, 0.4) is 0 Å². The molecule has 0 bridgehead atoms. The molecule has 0 saturated carbocycles. The molecule has 0 spiro atoms. The van der Waals surface area contributed by atoms with Crippen LogP contribution in [0.1, 0.15) is 50.1 Å². The van der Waals surface area contributed by atoms with Crippen molar-refractivity contribution >= 4 is 17.4 Å². The number of nitrogens with zero attached hydrogens (tertiary/aromatic N) is 1. The number of carbonyl (C=O) groups excluding carboxylic acids is 2. The van der Waals surface area contributed by atoms with Crippen LogP contribution in [0.2, 0.25) is 0 Å². The predicted molar refractivity (Wildman–Crippen MR) is 147 cm³/mol. The monoisotopic (exact) mass is 547 g/mol. The van der Waals surface area contributed by atoms with Gasteiger partial charge in [-0.25, -0.2) is 0 Å². The van der Waals surface area contributed by atoms with Crippen LogP contribution in [0, 0.1) is 5.92 Å². The quantitative estimate of drug-likeness (QED) is 0.202. The summed E-state index contributed by atoms with van der Waals surface area (Å²) < 4.78 is 28.6. The zero-order valence-electron chi connectivity index (χ0n) is 22.8. The summed E-state index contributed by atoms with van der Waals surface area (Å²) in [6.45, 7) is 7.88. The second kappa shape index (κ2) is 11.8. The van der Waals surface area contributed by atoms with E-state index in [4.69, 9.17) is 23.4 Å². The molecule has 0 aliphatic carbocycles. The Labute approximate surface area is 232 Å². The lowest BCUT2D eigenvalue weighted by Crippen LogP contribution is -2.29. The second-order valence-corrected chi connectivity index (χ2v) is 10.0. The molecular weight excluding hydrogens is 514 g/mol. The molecule has 0 radical (unpaired) electrons. The smallest absolute Gasteiger partial charge is 0.296 e. The highest BCUT2D eigenvalue weighted by Crippen LogP contribution is 2.44. The van der Waals surface area contributed by atoms with E-state index >= 15 is 0 Å². The number of carbonyl (C=O) groups is 2. The normalized spacial score (nSPS) is 17.9. The highest BCUT2D eigenvalue weighted by Gasteiger charge is 2.46. The van der Waals surface area contributed by atoms with Crippen molar-refractivity contribution in [3.63, 3.8) is 0 Å². The maximum absolute atomic E-state index is 13.5. The van der Waals surface area contributed by atoms with Crippen molar-refractivity contribution in [3.8, 4) is 23.0 Å². The van der Waals surface area contributed by atoms with Gasteiger partial charge in [0.2, 0.25) is 0 Å². The van der Waals surface area contributed by atoms with Crippen molar-refractivity contribution < 1.29 is 38.1 Å². The Morgan fingerprint density at radius 1 is 1.02 bits per heavy atom. The summed E-state index contributed by atoms with van der Waals surface area (Å²) in [5.74, 6) is 1.21. The van der Waals surface area contributed by atoms with Gasteiger partial charge in [-0.3, -0.25) is 9.59 Å². The van der Waals surface area contributed by atoms with Gasteiger partial charge in [0.25, 0.3) is 11.7 Å². The molecule has 2 aromatic carbocycles. The Balaban J connectivity index is 1.59. The molecule has 1 aromatic heterocycles. The molecule has 9 heteroatoms. The number of fused-ring (bicyclic) bond motifs is 1. The van der Waals surface area contributed by atoms with Crippen molar-refractivity contribution in [2.75, 3.05) is 26.4 Å². The number of ether oxygens (including phenoxy) is 4. The zero-order valence-corrected chi connectivity index (χ0v) is 22.8. The lowest BCUT2D eigenvalue weighted by Gasteiger charge is -2.25. The zero-order chi connectivity index (χ0) is 28.2. The third kappa shape index (κ3) is 5.50. The largest absolute Gasteiger partial charge is 0.507 e. The van der Waals surface area contributed by atoms with E-state index in [-0.39, 0.29) is 17.9 Å². The fourth-order valence-corrected chi connectivity index (χ4v) is 4.79. The van der Waals surface area contributed by atoms with Crippen LogP contribution in [-0.4, -0.2) is 48.1 Å². The van der Waals surface area contributed by atoms with Crippen LogP contribution >= 0.6 is 0 Å². The number of hydrogen-bond donors (Lipinski definition) is 1. The summed E-state index contributed by atoms with van der Waals surface area (Å²) in [4.78, 5) is 28.2. The van der Waals surface area contributed by atoms with Gasteiger partial charge in [0.05, 0.1) is 37.6 Å². The lowest BCUT2D eigenvalue weighted by molar-refractivity contribution is -0.140. The van der Waals surface area contributed by atoms with Crippen molar-refractivity contribution in [1.29, 1.82) is 0 Å². The number of aliphatic hydroxyl groups is 1. The number of furan rings is 1. The number of likely N-dealkylation sites (tertiary alicyclic amines) is 1. The van der Waals surface area contributed by atoms with Gasteiger partial charge in [-0.15, -0.1) is 0 Å². The lowest BCUT2D eigenvalue weighted by atomic mass is 9.94. The van der Waals surface area contributed by atoms with Crippen molar-refractivity contribution in [2.45, 2.75) is 39.8 Å². The first-order valence-corrected chi connectivity index (χ1v) is 13.5. The van der Waals surface area contributed by atoms with Gasteiger partial charge in [0.1, 0.15) is 24.7 Å². The fourth-order valence-electron chi connectivity index (χ4n) is 4.79. The van der Waals surface area contributed by atoms with E-state index in [1.807, 2.05) is 6.92 Å². The maximum Gasteiger partial charge on any atom is 0.296 e. The topological polar surface area (TPSA) is 108 Å². The number of hydrogen-bond acceptors (Lipinski definition) is 8. The van der Waals surface area contributed by atoms with E-state index in [0.717, 1.165) is 6.42 Å². The van der Waals surface area contributed by atoms with E-state index in [1.54, 1.807) is 48.5 Å². The molecule has 1 atom stereocenters. The molecule has 0 unspecified atom stereocenters. The molecule has 3 heterocycles. The SMILES string of the molecule is CCOc1cc([C@@H]2/C(=C(\O)c3ccc4c(c3)OCCO4)C(=O)C(=O)N2Cc2ccco2)ccc1OCCC(C)C. The number of Topliss-reactive ketones (excluding diaryl/α,β-unsaturated/α-hetero) is 1. The van der Waals surface area contributed by atoms with Crippen molar-refractivity contribution in [3.05, 3.63) is 77.3 Å². The van der Waals surface area contributed by atoms with Crippen LogP contribution in [0.25, 0.3) is 5.76 Å². The number of ketones is 1. The molecular formula is C31H33NO8. The van der Waals surface area contributed by atoms with Gasteiger partial charge in [0, 0.05) is 5.56 Å². The summed E-state index contributed by atoms with van der Waals surface area (Å²) in [6.07, 6.45) is 2.39. The van der Waals surface area contributed by atoms with E-state index in [2.05, 4.69) is 13.8 Å². The van der Waals surface area contributed by atoms with Crippen LogP contribution in [0.5, 0.6) is 23.0 Å². The Hall–Kier alpha value is -4.40. The minimum absolute atomic E-state index is 0.0378. The Bertz CT molecular complexity index is 1410. The first kappa shape index (κ1) is 27.2. The van der Waals surface area contributed by atoms with E-state index < -0.39 is 17.7 Å². The molecule has 210 valence electrons. The molecule has 2 aliphatic rings. The molecule has 2 aliphatic heterocycles. The van der Waals surface area contributed by atoms with Gasteiger partial charge in [-0.1, -0.05) is 19.9 Å². The standard InChI is InChI=1S/C31H33NO8/c1-4-36-25-16-20(7-9-23(25)38-13-11-19(2)3)28-27(30(34)31(35)32(28)18-22-6-5-12-37-22)29(33)21-8-10-24-26(17-21)40-15-14-39-24/h5-10,12,16-17,19,28,33H,4,11,13-15,18H2,1-3H3/b29-27+/t28-/m1/s1. The fraction of sp³-hybridized carbons (Fsp3) is 0.355. The summed E-state index contributed by atoms with van der Waals surface area (Å²) in [5.41, 5.74) is 0.887. The Kier molecular flexibility index (Phi) is 8.00. The van der Waals surface area contributed by atoms with Gasteiger partial charge in [0.15, 0.2) is 23.0 Å². The van der Waals surface area contributed by atoms with Crippen LogP contribution in [-0.2, 0) is 16.1 Å². The first-order valence-electron chi connectivity index (χ1n) is 13.5. The Morgan fingerprint density at radius 3 is 2.55 bits per heavy atom. The third-order valence-electron chi connectivity index (χ3n) is 6.80. The molecule has 40 heavy (non-hydrogen) atoms. The molecule has 1 amide bonds. The molecule has 5 rings (SSSR count). The van der Waals surface area contributed by atoms with E-state index in [1.165, 1.54) is 11.2 Å². The summed E-state index contributed by atoms with van der Waals surface area (Å²) in [7, 11) is 0. The molecule has 9 nitrogen and oxygen atoms in total. The highest BCUT2D eigenvalue weighted by atomic mass is 16.6. The average Bonchev–Trinajstić information content (AvgIpc) is 3.55. The number of rotatable bonds is 10. The van der Waals surface area contributed by atoms with Gasteiger partial charge < -0.3 is 33.4 Å². The average molecular weight is 548 g/mol. The molecule has 3 aromatic rings. The van der Waals surface area contributed by atoms with Gasteiger partial charge in [-0.2, -0.15) is 0 Å². The van der Waals surface area contributed by atoms with Crippen molar-refractivity contribution in [1.82, 2.24) is 4.90 Å². The molecule has 1 N–H and O–H groups in total. The minimum Gasteiger partial charge on any atom is -0.507 e. The maximum atomic E-state index is 13.5. The van der Waals surface area contributed by atoms with Crippen LogP contribution in [0.15, 0.2) is 64.8 Å². The summed E-state index contributed by atoms with van der Waals surface area (Å²) in [5, 5.41) is 11.5. The van der Waals surface area contributed by atoms with Gasteiger partial charge in [-0.05, 0) is 67.3 Å². The summed E-state index contributed by atoms with van der Waals surface area (Å²) >= 11 is 0. The summed E-state index contributed by atoms with van der Waals surface area (Å²) in [6, 6.07) is 12.8. The molecule has 1 saturated heterocycles.